The van der Waals surface area contributed by atoms with Crippen molar-refractivity contribution in [3.63, 3.8) is 0 Å². The number of nitrogens with one attached hydrogen (secondary N) is 1. The van der Waals surface area contributed by atoms with Crippen molar-refractivity contribution in [2.75, 3.05) is 5.32 Å². The molecule has 0 spiro atoms. The summed E-state index contributed by atoms with van der Waals surface area (Å²) >= 11 is 6.95. The smallest absolute Gasteiger partial charge is 0.280 e. The van der Waals surface area contributed by atoms with Crippen molar-refractivity contribution < 1.29 is 23.1 Å². The number of pyridine rings is 1. The second kappa shape index (κ2) is 10.4. The maximum atomic E-state index is 13.8. The van der Waals surface area contributed by atoms with E-state index < -0.39 is 23.9 Å². The second-order valence-electron chi connectivity index (χ2n) is 8.39. The fourth-order valence-corrected chi connectivity index (χ4v) is 5.20. The lowest BCUT2D eigenvalue weighted by Crippen LogP contribution is -2.21. The van der Waals surface area contributed by atoms with Crippen LogP contribution in [-0.2, 0) is 13.8 Å². The highest BCUT2D eigenvalue weighted by Crippen LogP contribution is 2.43. The van der Waals surface area contributed by atoms with Gasteiger partial charge in [0.05, 0.1) is 16.9 Å². The van der Waals surface area contributed by atoms with Crippen LogP contribution in [0, 0.1) is 6.92 Å². The average Bonchev–Trinajstić information content (AvgIpc) is 3.61. The monoisotopic (exact) mass is 571 g/mol. The molecule has 0 unspecified atom stereocenters. The minimum absolute atomic E-state index is 0.0431. The lowest BCUT2D eigenvalue weighted by atomic mass is 10.0. The molecule has 0 fully saturated rings. The van der Waals surface area contributed by atoms with Gasteiger partial charge < -0.3 is 15.8 Å². The SMILES string of the molecule is Cc1c(-c2cc(C(F)F)nc3sc(C(N)=O)c(NC(=O)c4ccnn4COc4ccccc4Cl)c23)cnn1C. The number of nitrogens with two attached hydrogens (primary N) is 1. The zero-order valence-corrected chi connectivity index (χ0v) is 22.1. The molecule has 0 aliphatic heterocycles. The first-order valence-electron chi connectivity index (χ1n) is 11.4. The van der Waals surface area contributed by atoms with Crippen LogP contribution in [0.1, 0.15) is 38.0 Å². The number of hydrogen-bond donors (Lipinski definition) is 2. The lowest BCUT2D eigenvalue weighted by Gasteiger charge is -2.12. The summed E-state index contributed by atoms with van der Waals surface area (Å²) in [5, 5.41) is 11.7. The quantitative estimate of drug-likeness (QED) is 0.264. The van der Waals surface area contributed by atoms with Crippen molar-refractivity contribution in [1.29, 1.82) is 0 Å². The van der Waals surface area contributed by atoms with Gasteiger partial charge in [-0.05, 0) is 36.8 Å². The number of halogens is 3. The third-order valence-corrected chi connectivity index (χ3v) is 7.43. The molecule has 1 aromatic carbocycles. The Morgan fingerprint density at radius 2 is 1.97 bits per heavy atom. The molecule has 0 aliphatic carbocycles. The Hall–Kier alpha value is -4.36. The first kappa shape index (κ1) is 26.3. The van der Waals surface area contributed by atoms with E-state index >= 15 is 0 Å². The second-order valence-corrected chi connectivity index (χ2v) is 9.79. The molecule has 14 heteroatoms. The zero-order chi connectivity index (χ0) is 27.8. The molecule has 2 amide bonds. The van der Waals surface area contributed by atoms with E-state index in [4.69, 9.17) is 22.1 Å². The first-order chi connectivity index (χ1) is 18.7. The topological polar surface area (TPSA) is 130 Å². The first-order valence-corrected chi connectivity index (χ1v) is 12.6. The summed E-state index contributed by atoms with van der Waals surface area (Å²) < 4.78 is 36.1. The van der Waals surface area contributed by atoms with Gasteiger partial charge in [0.25, 0.3) is 18.2 Å². The Kier molecular flexibility index (Phi) is 7.02. The molecule has 0 radical (unpaired) electrons. The zero-order valence-electron chi connectivity index (χ0n) is 20.5. The van der Waals surface area contributed by atoms with E-state index in [0.29, 0.717) is 33.0 Å². The van der Waals surface area contributed by atoms with Crippen LogP contribution in [0.15, 0.2) is 48.8 Å². The van der Waals surface area contributed by atoms with Gasteiger partial charge in [-0.15, -0.1) is 11.3 Å². The Balaban J connectivity index is 1.57. The number of primary amides is 1. The highest BCUT2D eigenvalue weighted by molar-refractivity contribution is 7.21. The van der Waals surface area contributed by atoms with E-state index in [9.17, 15) is 18.4 Å². The number of amides is 2. The number of fused-ring (bicyclic) bond motifs is 1. The predicted molar refractivity (Wildman–Crippen MR) is 142 cm³/mol. The van der Waals surface area contributed by atoms with Crippen molar-refractivity contribution in [2.24, 2.45) is 12.8 Å². The van der Waals surface area contributed by atoms with Gasteiger partial charge in [0, 0.05) is 29.9 Å². The van der Waals surface area contributed by atoms with Crippen LogP contribution in [0.3, 0.4) is 0 Å². The number of aromatic nitrogens is 5. The number of nitrogens with zero attached hydrogens (tertiary/aromatic N) is 5. The highest BCUT2D eigenvalue weighted by atomic mass is 35.5. The van der Waals surface area contributed by atoms with Gasteiger partial charge in [-0.3, -0.25) is 14.3 Å². The van der Waals surface area contributed by atoms with Crippen LogP contribution in [0.2, 0.25) is 5.02 Å². The number of alkyl halides is 2. The maximum absolute atomic E-state index is 13.8. The third kappa shape index (κ3) is 4.93. The Morgan fingerprint density at radius 1 is 1.21 bits per heavy atom. The van der Waals surface area contributed by atoms with Gasteiger partial charge >= 0.3 is 0 Å². The van der Waals surface area contributed by atoms with E-state index in [2.05, 4.69) is 20.5 Å². The molecule has 0 bridgehead atoms. The molecule has 5 aromatic rings. The highest BCUT2D eigenvalue weighted by Gasteiger charge is 2.27. The van der Waals surface area contributed by atoms with Crippen LogP contribution in [0.25, 0.3) is 21.3 Å². The van der Waals surface area contributed by atoms with Crippen LogP contribution < -0.4 is 15.8 Å². The number of carbonyl (C=O) groups excluding carboxylic acids is 2. The van der Waals surface area contributed by atoms with Gasteiger partial charge in [-0.25, -0.2) is 18.4 Å². The number of ether oxygens (including phenoxy) is 1. The minimum atomic E-state index is -2.87. The summed E-state index contributed by atoms with van der Waals surface area (Å²) in [4.78, 5) is 29.9. The van der Waals surface area contributed by atoms with E-state index in [1.807, 2.05) is 0 Å². The van der Waals surface area contributed by atoms with Crippen molar-refractivity contribution in [2.45, 2.75) is 20.1 Å². The number of para-hydroxylation sites is 1. The molecule has 0 aliphatic rings. The van der Waals surface area contributed by atoms with Gasteiger partial charge in [0.1, 0.15) is 26.8 Å². The molecule has 0 saturated carbocycles. The van der Waals surface area contributed by atoms with Gasteiger partial charge in [-0.1, -0.05) is 23.7 Å². The van der Waals surface area contributed by atoms with Crippen LogP contribution in [0.5, 0.6) is 5.75 Å². The molecule has 4 aromatic heterocycles. The number of aryl methyl sites for hydroxylation is 1. The fraction of sp³-hybridized carbons (Fsp3) is 0.160. The molecule has 39 heavy (non-hydrogen) atoms. The molecular formula is C25H20ClF2N7O3S. The predicted octanol–water partition coefficient (Wildman–Crippen LogP) is 5.18. The molecule has 3 N–H and O–H groups in total. The van der Waals surface area contributed by atoms with Gasteiger partial charge in [0.15, 0.2) is 6.73 Å². The number of carbonyl (C=O) groups is 2. The third-order valence-electron chi connectivity index (χ3n) is 6.02. The summed E-state index contributed by atoms with van der Waals surface area (Å²) in [5.41, 5.74) is 6.85. The number of anilines is 1. The van der Waals surface area contributed by atoms with Crippen molar-refractivity contribution in [3.8, 4) is 16.9 Å². The van der Waals surface area contributed by atoms with Crippen molar-refractivity contribution in [3.05, 3.63) is 75.8 Å². The summed E-state index contributed by atoms with van der Waals surface area (Å²) in [6, 6.07) is 9.53. The summed E-state index contributed by atoms with van der Waals surface area (Å²) in [7, 11) is 1.71. The Labute approximate surface area is 229 Å². The summed E-state index contributed by atoms with van der Waals surface area (Å²) in [6.07, 6.45) is 0.0648. The minimum Gasteiger partial charge on any atom is -0.470 e. The largest absolute Gasteiger partial charge is 0.470 e. The van der Waals surface area contributed by atoms with E-state index in [1.54, 1.807) is 42.9 Å². The van der Waals surface area contributed by atoms with Crippen LogP contribution in [-0.4, -0.2) is 36.4 Å². The number of hydrogen-bond acceptors (Lipinski definition) is 7. The van der Waals surface area contributed by atoms with E-state index in [1.165, 1.54) is 29.2 Å². The lowest BCUT2D eigenvalue weighted by molar-refractivity contribution is 0.100. The van der Waals surface area contributed by atoms with Crippen LogP contribution in [0.4, 0.5) is 14.5 Å². The molecule has 4 heterocycles. The van der Waals surface area contributed by atoms with Gasteiger partial charge in [0.2, 0.25) is 0 Å². The standard InChI is InChI=1S/C25H20ClF2N7O3S/c1-12-14(10-31-34(12)2)13-9-16(22(27)28)32-25-19(13)20(21(39-25)23(29)36)33-24(37)17-7-8-30-35(17)11-38-18-6-4-3-5-15(18)26/h3-10,22H,11H2,1-2H3,(H2,29,36)(H,33,37). The molecule has 10 nitrogen and oxygen atoms in total. The summed E-state index contributed by atoms with van der Waals surface area (Å²) in [5.74, 6) is -1.08. The maximum Gasteiger partial charge on any atom is 0.280 e. The number of rotatable bonds is 8. The average molecular weight is 572 g/mol. The number of benzene rings is 1. The van der Waals surface area contributed by atoms with Crippen molar-refractivity contribution in [1.82, 2.24) is 24.5 Å². The molecular weight excluding hydrogens is 552 g/mol. The summed E-state index contributed by atoms with van der Waals surface area (Å²) in [6.45, 7) is 1.64. The molecule has 0 atom stereocenters. The fourth-order valence-electron chi connectivity index (χ4n) is 4.00. The normalized spacial score (nSPS) is 11.3. The van der Waals surface area contributed by atoms with Crippen LogP contribution >= 0.6 is 22.9 Å². The molecule has 5 rings (SSSR count). The Bertz CT molecular complexity index is 1730. The number of thiophene rings is 1. The van der Waals surface area contributed by atoms with Gasteiger partial charge in [-0.2, -0.15) is 10.2 Å². The Morgan fingerprint density at radius 3 is 2.64 bits per heavy atom. The molecule has 0 saturated heterocycles. The van der Waals surface area contributed by atoms with E-state index in [-0.39, 0.29) is 27.8 Å². The van der Waals surface area contributed by atoms with Crippen molar-refractivity contribution >= 4 is 50.7 Å². The van der Waals surface area contributed by atoms with E-state index in [0.717, 1.165) is 11.3 Å². The molecule has 200 valence electrons.